The molecule has 15 atom stereocenters. The van der Waals surface area contributed by atoms with Crippen molar-refractivity contribution in [2.24, 2.45) is 0 Å². The third kappa shape index (κ3) is 12.5. The van der Waals surface area contributed by atoms with E-state index >= 15 is 0 Å². The second kappa shape index (κ2) is 20.1. The largest absolute Gasteiger partial charge is 0.456 e. The zero-order chi connectivity index (χ0) is 42.2. The monoisotopic (exact) mass is 808 g/mol. The molecule has 1 unspecified atom stereocenters. The van der Waals surface area contributed by atoms with Crippen LogP contribution in [0.1, 0.15) is 69.2 Å². The van der Waals surface area contributed by atoms with Crippen LogP contribution in [0.4, 0.5) is 0 Å². The minimum absolute atomic E-state index is 0.661. The van der Waals surface area contributed by atoms with Gasteiger partial charge in [0.05, 0.1) is 18.8 Å². The molecule has 1 N–H and O–H groups in total. The van der Waals surface area contributed by atoms with Crippen LogP contribution in [0, 0.1) is 0 Å². The highest BCUT2D eigenvalue weighted by atomic mass is 16.8. The molecule has 0 bridgehead atoms. The van der Waals surface area contributed by atoms with Crippen LogP contribution in [0.5, 0.6) is 0 Å². The molecule has 3 rings (SSSR count). The van der Waals surface area contributed by atoms with Gasteiger partial charge in [-0.1, -0.05) is 0 Å². The maximum atomic E-state index is 12.5. The van der Waals surface area contributed by atoms with E-state index in [-0.39, 0.29) is 0 Å². The molecule has 3 saturated heterocycles. The van der Waals surface area contributed by atoms with E-state index < -0.39 is 146 Å². The highest BCUT2D eigenvalue weighted by Gasteiger charge is 2.57. The quantitative estimate of drug-likeness (QED) is 0.173. The van der Waals surface area contributed by atoms with Crippen molar-refractivity contribution in [3.63, 3.8) is 0 Å². The number of hydrogen-bond acceptors (Lipinski definition) is 22. The summed E-state index contributed by atoms with van der Waals surface area (Å²) in [7, 11) is 0. The van der Waals surface area contributed by atoms with Crippen molar-refractivity contribution in [2.45, 2.75) is 161 Å². The Hall–Kier alpha value is -4.48. The molecule has 3 aliphatic rings. The first-order valence-electron chi connectivity index (χ1n) is 17.4. The van der Waals surface area contributed by atoms with Crippen molar-refractivity contribution in [3.05, 3.63) is 0 Å². The van der Waals surface area contributed by atoms with Gasteiger partial charge in [0.2, 0.25) is 0 Å². The fraction of sp³-hybridized carbons (Fsp3) is 0.765. The van der Waals surface area contributed by atoms with Gasteiger partial charge in [-0.3, -0.25) is 38.4 Å². The summed E-state index contributed by atoms with van der Waals surface area (Å²) >= 11 is 0. The molecule has 0 radical (unpaired) electrons. The van der Waals surface area contributed by atoms with Gasteiger partial charge in [-0.05, 0) is 13.8 Å². The van der Waals surface area contributed by atoms with E-state index in [0.717, 1.165) is 55.4 Å². The van der Waals surface area contributed by atoms with Gasteiger partial charge in [-0.15, -0.1) is 0 Å². The van der Waals surface area contributed by atoms with Crippen molar-refractivity contribution >= 4 is 47.8 Å². The fourth-order valence-electron chi connectivity index (χ4n) is 6.36. The summed E-state index contributed by atoms with van der Waals surface area (Å²) in [6.07, 6.45) is -22.8. The molecule has 0 aromatic carbocycles. The third-order valence-corrected chi connectivity index (χ3v) is 8.20. The van der Waals surface area contributed by atoms with Crippen molar-refractivity contribution in [1.82, 2.24) is 0 Å². The van der Waals surface area contributed by atoms with Crippen LogP contribution >= 0.6 is 0 Å². The molecule has 3 fully saturated rings. The lowest BCUT2D eigenvalue weighted by atomic mass is 9.96. The molecule has 0 spiro atoms. The standard InChI is InChI=1S/C34H48O22/c1-12-23(47-14(3)35)26(50-17(6)38)30(53-20(9)41)33(45-12)44-11-22-25(49-16(5)37)28(52-19(8)40)29(32(43)55-22)56-34-31(54-21(10)42)27(51-18(7)39)24(13(2)46-34)48-15(4)36/h12-13,22-34,43H,11H2,1-10H3/t12-,13-,22+,23-,24-,25+,26+,27+,28-,29+,30+,31+,32?,33+,34-/m0/s1. The minimum atomic E-state index is -2.06. The average Bonchev–Trinajstić information content (AvgIpc) is 3.04. The summed E-state index contributed by atoms with van der Waals surface area (Å²) in [5.41, 5.74) is 0. The Morgan fingerprint density at radius 3 is 1.11 bits per heavy atom. The van der Waals surface area contributed by atoms with Crippen molar-refractivity contribution in [2.75, 3.05) is 6.61 Å². The van der Waals surface area contributed by atoms with Crippen LogP contribution in [-0.2, 0) is 99.9 Å². The van der Waals surface area contributed by atoms with E-state index in [0.29, 0.717) is 0 Å². The van der Waals surface area contributed by atoms with E-state index in [1.807, 2.05) is 0 Å². The van der Waals surface area contributed by atoms with Gasteiger partial charge in [-0.25, -0.2) is 0 Å². The lowest BCUT2D eigenvalue weighted by Crippen LogP contribution is -2.66. The van der Waals surface area contributed by atoms with E-state index in [9.17, 15) is 43.5 Å². The Bertz CT molecular complexity index is 1460. The van der Waals surface area contributed by atoms with E-state index in [4.69, 9.17) is 61.6 Å². The van der Waals surface area contributed by atoms with Crippen molar-refractivity contribution in [3.8, 4) is 0 Å². The van der Waals surface area contributed by atoms with E-state index in [1.165, 1.54) is 13.8 Å². The lowest BCUT2D eigenvalue weighted by molar-refractivity contribution is -0.365. The average molecular weight is 809 g/mol. The molecule has 0 amide bonds. The number of aliphatic hydroxyl groups is 1. The van der Waals surface area contributed by atoms with Crippen LogP contribution in [0.15, 0.2) is 0 Å². The fourth-order valence-corrected chi connectivity index (χ4v) is 6.36. The number of rotatable bonds is 13. The number of hydrogen-bond donors (Lipinski definition) is 1. The van der Waals surface area contributed by atoms with Crippen LogP contribution in [0.25, 0.3) is 0 Å². The van der Waals surface area contributed by atoms with E-state index in [1.54, 1.807) is 0 Å². The first kappa shape index (κ1) is 45.9. The van der Waals surface area contributed by atoms with Gasteiger partial charge in [0.15, 0.2) is 73.8 Å². The molecule has 22 heteroatoms. The highest BCUT2D eigenvalue weighted by Crippen LogP contribution is 2.35. The van der Waals surface area contributed by atoms with Crippen molar-refractivity contribution in [1.29, 1.82) is 0 Å². The molecule has 0 aliphatic carbocycles. The zero-order valence-corrected chi connectivity index (χ0v) is 32.4. The smallest absolute Gasteiger partial charge is 0.303 e. The predicted molar refractivity (Wildman–Crippen MR) is 175 cm³/mol. The molecular formula is C34H48O22. The zero-order valence-electron chi connectivity index (χ0n) is 32.4. The predicted octanol–water partition coefficient (Wildman–Crippen LogP) is -0.951. The number of carbonyl (C=O) groups is 8. The summed E-state index contributed by atoms with van der Waals surface area (Å²) < 4.78 is 72.7. The molecule has 0 aromatic heterocycles. The normalized spacial score (nSPS) is 35.4. The number of aliphatic hydroxyl groups excluding tert-OH is 1. The van der Waals surface area contributed by atoms with Crippen LogP contribution in [0.3, 0.4) is 0 Å². The second-order valence-electron chi connectivity index (χ2n) is 13.0. The Labute approximate surface area is 320 Å². The Balaban J connectivity index is 1.99. The molecule has 3 aliphatic heterocycles. The molecule has 0 aromatic rings. The molecule has 56 heavy (non-hydrogen) atoms. The summed E-state index contributed by atoms with van der Waals surface area (Å²) in [4.78, 5) is 97.3. The lowest BCUT2D eigenvalue weighted by Gasteiger charge is -2.48. The van der Waals surface area contributed by atoms with Gasteiger partial charge >= 0.3 is 47.8 Å². The maximum absolute atomic E-state index is 12.5. The van der Waals surface area contributed by atoms with Gasteiger partial charge in [0.25, 0.3) is 0 Å². The summed E-state index contributed by atoms with van der Waals surface area (Å²) in [6.45, 7) is 10.6. The number of carbonyl (C=O) groups excluding carboxylic acids is 8. The Morgan fingerprint density at radius 2 is 0.714 bits per heavy atom. The van der Waals surface area contributed by atoms with Crippen molar-refractivity contribution < 1.29 is 105 Å². The highest BCUT2D eigenvalue weighted by molar-refractivity contribution is 5.70. The Kier molecular flexibility index (Phi) is 16.5. The summed E-state index contributed by atoms with van der Waals surface area (Å²) in [6, 6.07) is 0. The third-order valence-electron chi connectivity index (χ3n) is 8.20. The summed E-state index contributed by atoms with van der Waals surface area (Å²) in [5, 5.41) is 11.4. The van der Waals surface area contributed by atoms with Crippen LogP contribution < -0.4 is 0 Å². The second-order valence-corrected chi connectivity index (χ2v) is 13.0. The molecule has 3 heterocycles. The molecular weight excluding hydrogens is 760 g/mol. The maximum Gasteiger partial charge on any atom is 0.303 e. The van der Waals surface area contributed by atoms with Gasteiger partial charge in [-0.2, -0.15) is 0 Å². The number of esters is 8. The molecule has 22 nitrogen and oxygen atoms in total. The SMILES string of the molecule is CC(=O)O[C@@H]1[C@@H](OC(C)=O)[C@H](C)O[C@@H](OC[C@H]2OC(O)[C@H](O[C@@H]3O[C@@H](C)[C@H](OC(C)=O)[C@@H](OC(C)=O)[C@H]3OC(C)=O)[C@@H](OC(C)=O)[C@@H]2OC(C)=O)[C@@H]1OC(C)=O. The summed E-state index contributed by atoms with van der Waals surface area (Å²) in [5.74, 6) is -6.87. The van der Waals surface area contributed by atoms with E-state index in [2.05, 4.69) is 0 Å². The van der Waals surface area contributed by atoms with Crippen LogP contribution in [-0.4, -0.2) is 152 Å². The first-order valence-corrected chi connectivity index (χ1v) is 17.4. The molecule has 0 saturated carbocycles. The van der Waals surface area contributed by atoms with Crippen LogP contribution in [0.2, 0.25) is 0 Å². The first-order chi connectivity index (χ1) is 26.1. The topological polar surface area (TPSA) is 277 Å². The van der Waals surface area contributed by atoms with Gasteiger partial charge in [0.1, 0.15) is 6.10 Å². The minimum Gasteiger partial charge on any atom is -0.456 e. The Morgan fingerprint density at radius 1 is 0.411 bits per heavy atom. The van der Waals surface area contributed by atoms with Gasteiger partial charge < -0.3 is 66.7 Å². The number of ether oxygens (including phenoxy) is 13. The molecule has 316 valence electrons. The van der Waals surface area contributed by atoms with Gasteiger partial charge in [0, 0.05) is 55.4 Å².